The van der Waals surface area contributed by atoms with Crippen molar-refractivity contribution >= 4 is 29.2 Å². The molecule has 0 spiro atoms. The van der Waals surface area contributed by atoms with Crippen LogP contribution in [0.15, 0.2) is 48.5 Å². The molecule has 0 aliphatic heterocycles. The molecule has 0 amide bonds. The van der Waals surface area contributed by atoms with E-state index in [0.717, 1.165) is 11.6 Å². The third-order valence-electron chi connectivity index (χ3n) is 4.01. The lowest BCUT2D eigenvalue weighted by Crippen LogP contribution is -2.26. The molecule has 3 nitrogen and oxygen atoms in total. The molecule has 0 saturated heterocycles. The molecule has 2 aromatic carbocycles. The van der Waals surface area contributed by atoms with Crippen molar-refractivity contribution in [2.45, 2.75) is 22.8 Å². The van der Waals surface area contributed by atoms with Gasteiger partial charge in [0.2, 0.25) is 0 Å². The lowest BCUT2D eigenvalue weighted by molar-refractivity contribution is -0.140. The Labute approximate surface area is 142 Å². The van der Waals surface area contributed by atoms with Gasteiger partial charge in [-0.25, -0.2) is 4.39 Å². The van der Waals surface area contributed by atoms with Crippen molar-refractivity contribution in [3.63, 3.8) is 0 Å². The molecule has 1 aliphatic carbocycles. The number of halogens is 3. The number of rotatable bonds is 5. The van der Waals surface area contributed by atoms with Crippen LogP contribution in [0.4, 0.5) is 4.39 Å². The van der Waals surface area contributed by atoms with E-state index in [1.54, 1.807) is 0 Å². The third-order valence-corrected chi connectivity index (χ3v) is 4.93. The van der Waals surface area contributed by atoms with Gasteiger partial charge in [0.1, 0.15) is 16.4 Å². The summed E-state index contributed by atoms with van der Waals surface area (Å²) in [5, 5.41) is 9.38. The monoisotopic (exact) mass is 354 g/mol. The summed E-state index contributed by atoms with van der Waals surface area (Å²) >= 11 is 11.9. The van der Waals surface area contributed by atoms with Gasteiger partial charge in [0.25, 0.3) is 0 Å². The standard InChI is InChI=1S/C17H13Cl2FO3/c18-17(19)10-16(17,15(21)22)12-6-7-14(13(20)8-12)23-9-11-4-2-1-3-5-11/h1-8H,9-10H2,(H,21,22). The van der Waals surface area contributed by atoms with Gasteiger partial charge >= 0.3 is 5.97 Å². The van der Waals surface area contributed by atoms with E-state index in [-0.39, 0.29) is 24.3 Å². The Morgan fingerprint density at radius 3 is 2.39 bits per heavy atom. The van der Waals surface area contributed by atoms with Crippen LogP contribution in [0.3, 0.4) is 0 Å². The minimum atomic E-state index is -1.46. The maximum absolute atomic E-state index is 14.2. The fourth-order valence-corrected chi connectivity index (χ4v) is 3.36. The summed E-state index contributed by atoms with van der Waals surface area (Å²) in [6.45, 7) is 0.218. The molecule has 0 aromatic heterocycles. The first-order chi connectivity index (χ1) is 10.9. The highest BCUT2D eigenvalue weighted by Gasteiger charge is 2.72. The molecule has 0 radical (unpaired) electrons. The van der Waals surface area contributed by atoms with E-state index in [1.165, 1.54) is 12.1 Å². The van der Waals surface area contributed by atoms with Gasteiger partial charge in [-0.3, -0.25) is 4.79 Å². The van der Waals surface area contributed by atoms with Crippen molar-refractivity contribution in [1.82, 2.24) is 0 Å². The molecule has 2 aromatic rings. The van der Waals surface area contributed by atoms with Crippen molar-refractivity contribution in [3.05, 3.63) is 65.5 Å². The predicted octanol–water partition coefficient (Wildman–Crippen LogP) is 4.30. The lowest BCUT2D eigenvalue weighted by atomic mass is 9.96. The van der Waals surface area contributed by atoms with Gasteiger partial charge in [-0.15, -0.1) is 0 Å². The third kappa shape index (κ3) is 2.77. The number of carboxylic acids is 1. The number of carboxylic acid groups (broad SMARTS) is 1. The number of carbonyl (C=O) groups is 1. The summed E-state index contributed by atoms with van der Waals surface area (Å²) in [5.74, 6) is -1.76. The molecule has 120 valence electrons. The smallest absolute Gasteiger partial charge is 0.317 e. The van der Waals surface area contributed by atoms with Crippen LogP contribution in [0.5, 0.6) is 5.75 Å². The molecule has 23 heavy (non-hydrogen) atoms. The number of benzene rings is 2. The second-order valence-corrected chi connectivity index (χ2v) is 7.00. The molecular formula is C17H13Cl2FO3. The van der Waals surface area contributed by atoms with Crippen LogP contribution in [0.25, 0.3) is 0 Å². The number of hydrogen-bond acceptors (Lipinski definition) is 2. The molecule has 1 aliphatic rings. The molecule has 0 bridgehead atoms. The van der Waals surface area contributed by atoms with Crippen LogP contribution in [0.2, 0.25) is 0 Å². The fraction of sp³-hybridized carbons (Fsp3) is 0.235. The van der Waals surface area contributed by atoms with Crippen molar-refractivity contribution in [3.8, 4) is 5.75 Å². The average molecular weight is 355 g/mol. The highest BCUT2D eigenvalue weighted by Crippen LogP contribution is 2.65. The minimum absolute atomic E-state index is 0.0438. The molecule has 0 heterocycles. The minimum Gasteiger partial charge on any atom is -0.486 e. The molecular weight excluding hydrogens is 342 g/mol. The molecule has 1 fully saturated rings. The number of hydrogen-bond donors (Lipinski definition) is 1. The quantitative estimate of drug-likeness (QED) is 0.814. The Hall–Kier alpha value is -1.78. The first-order valence-corrected chi connectivity index (χ1v) is 7.70. The van der Waals surface area contributed by atoms with Crippen LogP contribution in [0.1, 0.15) is 17.5 Å². The molecule has 1 atom stereocenters. The topological polar surface area (TPSA) is 46.5 Å². The van der Waals surface area contributed by atoms with Gasteiger partial charge in [-0.1, -0.05) is 59.6 Å². The lowest BCUT2D eigenvalue weighted by Gasteiger charge is -2.15. The highest BCUT2D eigenvalue weighted by molar-refractivity contribution is 6.54. The molecule has 6 heteroatoms. The zero-order valence-electron chi connectivity index (χ0n) is 11.9. The van der Waals surface area contributed by atoms with Crippen LogP contribution in [-0.2, 0) is 16.8 Å². The maximum Gasteiger partial charge on any atom is 0.317 e. The Bertz CT molecular complexity index is 749. The van der Waals surface area contributed by atoms with Gasteiger partial charge in [-0.2, -0.15) is 0 Å². The Morgan fingerprint density at radius 2 is 1.87 bits per heavy atom. The number of alkyl halides is 2. The van der Waals surface area contributed by atoms with E-state index in [4.69, 9.17) is 27.9 Å². The highest BCUT2D eigenvalue weighted by atomic mass is 35.5. The largest absolute Gasteiger partial charge is 0.486 e. The van der Waals surface area contributed by atoms with E-state index in [0.29, 0.717) is 0 Å². The first kappa shape index (κ1) is 16.1. The Balaban J connectivity index is 1.80. The second-order valence-electron chi connectivity index (χ2n) is 5.51. The first-order valence-electron chi connectivity index (χ1n) is 6.95. The van der Waals surface area contributed by atoms with Gasteiger partial charge in [0.15, 0.2) is 11.6 Å². The van der Waals surface area contributed by atoms with Crippen LogP contribution in [-0.4, -0.2) is 15.4 Å². The van der Waals surface area contributed by atoms with Crippen molar-refractivity contribution in [1.29, 1.82) is 0 Å². The summed E-state index contributed by atoms with van der Waals surface area (Å²) in [6.07, 6.45) is 0.0438. The van der Waals surface area contributed by atoms with E-state index in [1.807, 2.05) is 30.3 Å². The molecule has 1 saturated carbocycles. The second kappa shape index (κ2) is 5.69. The zero-order valence-corrected chi connectivity index (χ0v) is 13.4. The summed E-state index contributed by atoms with van der Waals surface area (Å²) in [4.78, 5) is 11.5. The Morgan fingerprint density at radius 1 is 1.22 bits per heavy atom. The van der Waals surface area contributed by atoms with Gasteiger partial charge in [-0.05, 0) is 23.3 Å². The average Bonchev–Trinajstić information content (AvgIpc) is 3.11. The van der Waals surface area contributed by atoms with E-state index >= 15 is 0 Å². The normalized spacial score (nSPS) is 21.7. The van der Waals surface area contributed by atoms with Gasteiger partial charge < -0.3 is 9.84 Å². The van der Waals surface area contributed by atoms with Crippen LogP contribution < -0.4 is 4.74 Å². The predicted molar refractivity (Wildman–Crippen MR) is 85.5 cm³/mol. The summed E-state index contributed by atoms with van der Waals surface area (Å²) in [5.41, 5.74) is -0.324. The molecule has 3 rings (SSSR count). The molecule has 1 N–H and O–H groups in total. The van der Waals surface area contributed by atoms with E-state index < -0.39 is 21.5 Å². The van der Waals surface area contributed by atoms with Crippen molar-refractivity contribution in [2.24, 2.45) is 0 Å². The Kier molecular flexibility index (Phi) is 3.98. The SMILES string of the molecule is O=C(O)C1(c2ccc(OCc3ccccc3)c(F)c2)CC1(Cl)Cl. The number of aliphatic carboxylic acids is 1. The van der Waals surface area contributed by atoms with E-state index in [2.05, 4.69) is 0 Å². The van der Waals surface area contributed by atoms with Gasteiger partial charge in [0.05, 0.1) is 0 Å². The maximum atomic E-state index is 14.2. The summed E-state index contributed by atoms with van der Waals surface area (Å²) < 4.78 is 18.2. The fourth-order valence-electron chi connectivity index (χ4n) is 2.58. The van der Waals surface area contributed by atoms with Crippen LogP contribution in [0, 0.1) is 5.82 Å². The number of ether oxygens (including phenoxy) is 1. The summed E-state index contributed by atoms with van der Waals surface area (Å²) in [7, 11) is 0. The molecule has 1 unspecified atom stereocenters. The van der Waals surface area contributed by atoms with Crippen molar-refractivity contribution < 1.29 is 19.0 Å². The van der Waals surface area contributed by atoms with E-state index in [9.17, 15) is 14.3 Å². The summed E-state index contributed by atoms with van der Waals surface area (Å²) in [6, 6.07) is 13.4. The van der Waals surface area contributed by atoms with Crippen molar-refractivity contribution in [2.75, 3.05) is 0 Å². The zero-order chi connectivity index (χ0) is 16.7. The van der Waals surface area contributed by atoms with Crippen LogP contribution >= 0.6 is 23.2 Å². The van der Waals surface area contributed by atoms with Gasteiger partial charge in [0, 0.05) is 6.42 Å².